The zero-order chi connectivity index (χ0) is 29.7. The summed E-state index contributed by atoms with van der Waals surface area (Å²) in [6.45, 7) is 3.72. The van der Waals surface area contributed by atoms with E-state index >= 15 is 0 Å². The van der Waals surface area contributed by atoms with Crippen molar-refractivity contribution in [1.29, 1.82) is 0 Å². The first-order valence-corrected chi connectivity index (χ1v) is 15.3. The molecule has 3 amide bonds. The minimum absolute atomic E-state index is 0.195. The lowest BCUT2D eigenvalue weighted by Gasteiger charge is -2.31. The Balaban J connectivity index is 1.41. The average molecular weight is 599 g/mol. The Morgan fingerprint density at radius 3 is 2.10 bits per heavy atom. The molecule has 2 aliphatic rings. The number of nitrogens with zero attached hydrogens (tertiary/aromatic N) is 3. The first kappa shape index (κ1) is 28.0. The van der Waals surface area contributed by atoms with Crippen LogP contribution in [0, 0.1) is 19.8 Å². The van der Waals surface area contributed by atoms with E-state index in [0.29, 0.717) is 21.3 Å². The normalized spacial score (nSPS) is 19.4. The van der Waals surface area contributed by atoms with Gasteiger partial charge in [0.2, 0.25) is 17.7 Å². The zero-order valence-corrected chi connectivity index (χ0v) is 25.3. The molecule has 214 valence electrons. The van der Waals surface area contributed by atoms with Crippen LogP contribution in [0.1, 0.15) is 27.5 Å². The van der Waals surface area contributed by atoms with Crippen molar-refractivity contribution >= 4 is 57.9 Å². The molecule has 0 aliphatic carbocycles. The van der Waals surface area contributed by atoms with Crippen molar-refractivity contribution in [2.75, 3.05) is 29.2 Å². The summed E-state index contributed by atoms with van der Waals surface area (Å²) in [5, 5.41) is 2.70. The molecule has 3 unspecified atom stereocenters. The molecular weight excluding hydrogens is 569 g/mol. The number of nitrogens with one attached hydrogen (secondary N) is 1. The van der Waals surface area contributed by atoms with E-state index in [1.54, 1.807) is 12.1 Å². The molecule has 8 nitrogen and oxygen atoms in total. The smallest absolute Gasteiger partial charge is 0.308 e. The number of thioether (sulfide) groups is 1. The predicted molar refractivity (Wildman–Crippen MR) is 168 cm³/mol. The molecule has 6 rings (SSSR count). The molecule has 2 aliphatic heterocycles. The minimum Gasteiger partial charge on any atom is -0.378 e. The van der Waals surface area contributed by atoms with Gasteiger partial charge in [-0.1, -0.05) is 70.6 Å². The van der Waals surface area contributed by atoms with Gasteiger partial charge in [-0.3, -0.25) is 23.7 Å². The number of hydrogen-bond donors (Lipinski definition) is 1. The molecule has 1 aromatic heterocycles. The lowest BCUT2D eigenvalue weighted by molar-refractivity contribution is -0.122. The van der Waals surface area contributed by atoms with E-state index in [1.807, 2.05) is 93.5 Å². The number of rotatable bonds is 6. The number of aryl methyl sites for hydroxylation is 2. The van der Waals surface area contributed by atoms with Crippen molar-refractivity contribution in [2.24, 2.45) is 5.92 Å². The third kappa shape index (κ3) is 4.94. The van der Waals surface area contributed by atoms with Gasteiger partial charge in [0, 0.05) is 36.3 Å². The van der Waals surface area contributed by atoms with Crippen LogP contribution in [-0.2, 0) is 20.9 Å². The number of thiazole rings is 1. The molecule has 42 heavy (non-hydrogen) atoms. The summed E-state index contributed by atoms with van der Waals surface area (Å²) >= 11 is 2.26. The number of carbonyl (C=O) groups is 3. The van der Waals surface area contributed by atoms with Crippen molar-refractivity contribution < 1.29 is 14.4 Å². The van der Waals surface area contributed by atoms with Gasteiger partial charge in [0.05, 0.1) is 16.6 Å². The fraction of sp³-hybridized carbons (Fsp3) is 0.250. The van der Waals surface area contributed by atoms with Crippen LogP contribution in [0.2, 0.25) is 0 Å². The molecule has 0 spiro atoms. The molecular formula is C32H30N4O4S2. The van der Waals surface area contributed by atoms with Gasteiger partial charge in [-0.25, -0.2) is 4.90 Å². The van der Waals surface area contributed by atoms with Gasteiger partial charge in [0.1, 0.15) is 11.8 Å². The maximum Gasteiger partial charge on any atom is 0.308 e. The standard InChI is InChI=1S/C32H30N4O4S2/c1-18-5-11-21(12-6-18)33-24(37)17-35-31-28(42-32(35)40)25(20-9-15-22(16-10-20)34(3)4)26-27(41-31)30(39)36(29(26)38)23-13-7-19(2)8-14-23/h5-16,25-27H,17H2,1-4H3,(H,33,37). The second kappa shape index (κ2) is 10.9. The average Bonchev–Trinajstić information content (AvgIpc) is 3.41. The summed E-state index contributed by atoms with van der Waals surface area (Å²) in [4.78, 5) is 58.0. The van der Waals surface area contributed by atoms with Crippen LogP contribution in [0.4, 0.5) is 17.1 Å². The zero-order valence-electron chi connectivity index (χ0n) is 23.7. The van der Waals surface area contributed by atoms with E-state index in [-0.39, 0.29) is 29.1 Å². The Morgan fingerprint density at radius 2 is 1.48 bits per heavy atom. The van der Waals surface area contributed by atoms with Gasteiger partial charge in [-0.15, -0.1) is 0 Å². The highest BCUT2D eigenvalue weighted by Gasteiger charge is 2.56. The lowest BCUT2D eigenvalue weighted by atomic mass is 9.83. The van der Waals surface area contributed by atoms with Crippen LogP contribution in [0.25, 0.3) is 0 Å². The van der Waals surface area contributed by atoms with Crippen LogP contribution in [0.15, 0.2) is 82.6 Å². The second-order valence-electron chi connectivity index (χ2n) is 10.9. The van der Waals surface area contributed by atoms with Gasteiger partial charge < -0.3 is 10.2 Å². The topological polar surface area (TPSA) is 91.7 Å². The van der Waals surface area contributed by atoms with Crippen LogP contribution in [0.5, 0.6) is 0 Å². The monoisotopic (exact) mass is 598 g/mol. The van der Waals surface area contributed by atoms with Gasteiger partial charge in [0.25, 0.3) is 0 Å². The summed E-state index contributed by atoms with van der Waals surface area (Å²) in [5.74, 6) is -2.12. The number of imide groups is 1. The van der Waals surface area contributed by atoms with Crippen molar-refractivity contribution in [2.45, 2.75) is 36.6 Å². The number of benzene rings is 3. The Labute approximate surface area is 252 Å². The van der Waals surface area contributed by atoms with Gasteiger partial charge in [-0.2, -0.15) is 0 Å². The molecule has 0 bridgehead atoms. The largest absolute Gasteiger partial charge is 0.378 e. The van der Waals surface area contributed by atoms with E-state index in [1.165, 1.54) is 21.2 Å². The summed E-state index contributed by atoms with van der Waals surface area (Å²) in [6, 6.07) is 22.6. The van der Waals surface area contributed by atoms with Crippen molar-refractivity contribution in [3.8, 4) is 0 Å². The molecule has 3 aromatic carbocycles. The minimum atomic E-state index is -0.731. The van der Waals surface area contributed by atoms with Gasteiger partial charge in [-0.05, 0) is 55.8 Å². The molecule has 3 heterocycles. The third-order valence-corrected chi connectivity index (χ3v) is 10.4. The molecule has 3 atom stereocenters. The number of fused-ring (bicyclic) bond motifs is 2. The van der Waals surface area contributed by atoms with Crippen LogP contribution >= 0.6 is 23.1 Å². The highest BCUT2D eigenvalue weighted by molar-refractivity contribution is 8.00. The lowest BCUT2D eigenvalue weighted by Crippen LogP contribution is -2.33. The third-order valence-electron chi connectivity index (χ3n) is 7.75. The van der Waals surface area contributed by atoms with E-state index in [9.17, 15) is 19.2 Å². The molecule has 4 aromatic rings. The quantitative estimate of drug-likeness (QED) is 0.313. The maximum atomic E-state index is 14.0. The number of amides is 3. The number of hydrogen-bond acceptors (Lipinski definition) is 7. The molecule has 10 heteroatoms. The van der Waals surface area contributed by atoms with E-state index < -0.39 is 17.1 Å². The number of aromatic nitrogens is 1. The fourth-order valence-corrected chi connectivity index (χ4v) is 8.30. The van der Waals surface area contributed by atoms with E-state index in [2.05, 4.69) is 5.32 Å². The van der Waals surface area contributed by atoms with E-state index in [0.717, 1.165) is 33.7 Å². The Kier molecular flexibility index (Phi) is 7.28. The Bertz CT molecular complexity index is 1740. The van der Waals surface area contributed by atoms with Gasteiger partial charge in [0.15, 0.2) is 0 Å². The fourth-order valence-electron chi connectivity index (χ4n) is 5.52. The molecule has 0 saturated carbocycles. The summed E-state index contributed by atoms with van der Waals surface area (Å²) in [7, 11) is 3.90. The highest BCUT2D eigenvalue weighted by Crippen LogP contribution is 2.54. The predicted octanol–water partition coefficient (Wildman–Crippen LogP) is 5.03. The Hall–Kier alpha value is -4.15. The summed E-state index contributed by atoms with van der Waals surface area (Å²) in [5.41, 5.74) is 5.11. The first-order valence-electron chi connectivity index (χ1n) is 13.6. The summed E-state index contributed by atoms with van der Waals surface area (Å²) < 4.78 is 1.44. The number of carbonyl (C=O) groups excluding carboxylic acids is 3. The molecule has 1 N–H and O–H groups in total. The van der Waals surface area contributed by atoms with Crippen LogP contribution in [-0.4, -0.2) is 41.6 Å². The van der Waals surface area contributed by atoms with Crippen molar-refractivity contribution in [1.82, 2.24) is 4.57 Å². The second-order valence-corrected chi connectivity index (χ2v) is 13.0. The SMILES string of the molecule is Cc1ccc(NC(=O)Cn2c3c(sc2=O)C(c2ccc(N(C)C)cc2)C2C(=O)N(c4ccc(C)cc4)C(=O)C2S3)cc1. The van der Waals surface area contributed by atoms with Crippen LogP contribution < -0.4 is 20.0 Å². The Morgan fingerprint density at radius 1 is 0.857 bits per heavy atom. The molecule has 1 saturated heterocycles. The maximum absolute atomic E-state index is 14.0. The first-order chi connectivity index (χ1) is 20.1. The molecule has 1 fully saturated rings. The summed E-state index contributed by atoms with van der Waals surface area (Å²) in [6.07, 6.45) is 0. The molecule has 0 radical (unpaired) electrons. The highest BCUT2D eigenvalue weighted by atomic mass is 32.2. The van der Waals surface area contributed by atoms with Gasteiger partial charge >= 0.3 is 4.87 Å². The van der Waals surface area contributed by atoms with Crippen molar-refractivity contribution in [3.05, 3.63) is 104 Å². The van der Waals surface area contributed by atoms with E-state index in [4.69, 9.17) is 0 Å². The number of anilines is 3. The van der Waals surface area contributed by atoms with Crippen LogP contribution in [0.3, 0.4) is 0 Å². The van der Waals surface area contributed by atoms with Crippen molar-refractivity contribution in [3.63, 3.8) is 0 Å².